The van der Waals surface area contributed by atoms with Crippen LogP contribution in [0.15, 0.2) is 84.2 Å². The van der Waals surface area contributed by atoms with E-state index >= 15 is 0 Å². The zero-order valence-corrected chi connectivity index (χ0v) is 22.4. The summed E-state index contributed by atoms with van der Waals surface area (Å²) >= 11 is 0. The number of carbonyl (C=O) groups is 1. The number of piperidine rings is 1. The van der Waals surface area contributed by atoms with Crippen LogP contribution in [-0.2, 0) is 13.2 Å². The van der Waals surface area contributed by atoms with E-state index in [0.29, 0.717) is 36.0 Å². The molecule has 1 aliphatic rings. The van der Waals surface area contributed by atoms with Crippen molar-refractivity contribution in [1.29, 1.82) is 0 Å². The third-order valence-electron chi connectivity index (χ3n) is 7.41. The first-order valence-electron chi connectivity index (χ1n) is 13.4. The highest BCUT2D eigenvalue weighted by molar-refractivity contribution is 5.94. The summed E-state index contributed by atoms with van der Waals surface area (Å²) in [6.45, 7) is 0.171. The number of hydrogen-bond acceptors (Lipinski definition) is 8. The van der Waals surface area contributed by atoms with E-state index in [9.17, 15) is 24.2 Å². The lowest BCUT2D eigenvalue weighted by Crippen LogP contribution is -2.49. The third kappa shape index (κ3) is 5.37. The Morgan fingerprint density at radius 2 is 1.83 bits per heavy atom. The topological polar surface area (TPSA) is 136 Å². The summed E-state index contributed by atoms with van der Waals surface area (Å²) in [6, 6.07) is 16.3. The Bertz CT molecular complexity index is 1800. The van der Waals surface area contributed by atoms with Crippen molar-refractivity contribution in [2.75, 3.05) is 13.1 Å². The number of likely N-dealkylation sites (tertiary alicyclic amines) is 1. The summed E-state index contributed by atoms with van der Waals surface area (Å²) in [5, 5.41) is 25.2. The van der Waals surface area contributed by atoms with Crippen molar-refractivity contribution in [3.05, 3.63) is 107 Å². The molecule has 42 heavy (non-hydrogen) atoms. The highest BCUT2D eigenvalue weighted by Gasteiger charge is 2.35. The highest BCUT2D eigenvalue weighted by atomic mass is 19.1. The first kappa shape index (κ1) is 27.2. The fourth-order valence-electron chi connectivity index (χ4n) is 5.04. The van der Waals surface area contributed by atoms with E-state index in [-0.39, 0.29) is 47.4 Å². The standard InChI is InChI=1S/C30H27FN6O5/c31-25-9-6-22(15-21(25)17-38)37-27-24(16-34-37)29(40)36(19-33-27)18-30(41)10-13-35(14-11-30)28(39)20-4-7-23(8-5-20)42-26-3-1-2-12-32-26/h1-9,12,15-16,19,38,41H,10-11,13-14,17-18H2. The molecule has 0 atom stereocenters. The smallest absolute Gasteiger partial charge is 0.264 e. The van der Waals surface area contributed by atoms with Crippen LogP contribution in [0.5, 0.6) is 11.6 Å². The number of halogens is 1. The molecule has 3 aromatic heterocycles. The number of pyridine rings is 1. The van der Waals surface area contributed by atoms with Crippen molar-refractivity contribution in [3.8, 4) is 17.3 Å². The van der Waals surface area contributed by atoms with Gasteiger partial charge in [0, 0.05) is 36.5 Å². The number of carbonyl (C=O) groups excluding carboxylic acids is 1. The number of amides is 1. The molecule has 1 aliphatic heterocycles. The summed E-state index contributed by atoms with van der Waals surface area (Å²) in [5.41, 5.74) is -0.260. The molecule has 1 saturated heterocycles. The minimum atomic E-state index is -1.21. The third-order valence-corrected chi connectivity index (χ3v) is 7.41. The Kier molecular flexibility index (Phi) is 7.23. The van der Waals surface area contributed by atoms with Gasteiger partial charge in [-0.2, -0.15) is 5.10 Å². The van der Waals surface area contributed by atoms with Crippen molar-refractivity contribution in [3.63, 3.8) is 0 Å². The van der Waals surface area contributed by atoms with Gasteiger partial charge in [-0.25, -0.2) is 19.0 Å². The SMILES string of the molecule is O=C(c1ccc(Oc2ccccn2)cc1)N1CCC(O)(Cn2cnc3c(cnn3-c3ccc(F)c(CO)c3)c2=O)CC1. The fourth-order valence-corrected chi connectivity index (χ4v) is 5.04. The quantitative estimate of drug-likeness (QED) is 0.305. The van der Waals surface area contributed by atoms with E-state index in [1.807, 2.05) is 6.07 Å². The highest BCUT2D eigenvalue weighted by Crippen LogP contribution is 2.26. The number of aliphatic hydroxyl groups is 2. The summed E-state index contributed by atoms with van der Waals surface area (Å²) in [5.74, 6) is 0.323. The van der Waals surface area contributed by atoms with E-state index in [4.69, 9.17) is 4.74 Å². The maximum atomic E-state index is 13.8. The number of aliphatic hydroxyl groups excluding tert-OH is 1. The predicted octanol–water partition coefficient (Wildman–Crippen LogP) is 3.07. The van der Waals surface area contributed by atoms with Gasteiger partial charge in [0.25, 0.3) is 11.5 Å². The van der Waals surface area contributed by atoms with Crippen molar-refractivity contribution in [2.45, 2.75) is 31.6 Å². The number of fused-ring (bicyclic) bond motifs is 1. The second-order valence-electron chi connectivity index (χ2n) is 10.2. The second kappa shape index (κ2) is 11.1. The molecule has 6 rings (SSSR count). The van der Waals surface area contributed by atoms with E-state index in [1.54, 1.807) is 47.5 Å². The van der Waals surface area contributed by atoms with Crippen molar-refractivity contribution in [1.82, 2.24) is 29.2 Å². The van der Waals surface area contributed by atoms with Gasteiger partial charge >= 0.3 is 0 Å². The van der Waals surface area contributed by atoms with Crippen LogP contribution in [-0.4, -0.2) is 64.0 Å². The first-order chi connectivity index (χ1) is 20.3. The van der Waals surface area contributed by atoms with Gasteiger partial charge in [-0.15, -0.1) is 0 Å². The minimum absolute atomic E-state index is 0.00670. The van der Waals surface area contributed by atoms with E-state index in [0.717, 1.165) is 0 Å². The monoisotopic (exact) mass is 570 g/mol. The van der Waals surface area contributed by atoms with Crippen molar-refractivity contribution < 1.29 is 24.1 Å². The van der Waals surface area contributed by atoms with Crippen LogP contribution < -0.4 is 10.3 Å². The number of ether oxygens (including phenoxy) is 1. The minimum Gasteiger partial charge on any atom is -0.439 e. The van der Waals surface area contributed by atoms with Gasteiger partial charge in [-0.05, 0) is 61.4 Å². The van der Waals surface area contributed by atoms with Crippen LogP contribution in [0.4, 0.5) is 4.39 Å². The molecule has 5 aromatic rings. The molecule has 1 amide bonds. The number of aromatic nitrogens is 5. The van der Waals surface area contributed by atoms with Crippen LogP contribution in [0.2, 0.25) is 0 Å². The number of benzene rings is 2. The van der Waals surface area contributed by atoms with Gasteiger partial charge in [-0.1, -0.05) is 6.07 Å². The van der Waals surface area contributed by atoms with Crippen LogP contribution in [0.3, 0.4) is 0 Å². The lowest BCUT2D eigenvalue weighted by Gasteiger charge is -2.38. The van der Waals surface area contributed by atoms with Gasteiger partial charge in [0.2, 0.25) is 5.88 Å². The van der Waals surface area contributed by atoms with E-state index < -0.39 is 18.0 Å². The maximum absolute atomic E-state index is 13.8. The molecule has 2 N–H and O–H groups in total. The van der Waals surface area contributed by atoms with Crippen molar-refractivity contribution >= 4 is 16.9 Å². The lowest BCUT2D eigenvalue weighted by atomic mass is 9.91. The van der Waals surface area contributed by atoms with Gasteiger partial charge in [0.05, 0.1) is 30.6 Å². The van der Waals surface area contributed by atoms with Crippen molar-refractivity contribution in [2.24, 2.45) is 0 Å². The van der Waals surface area contributed by atoms with Crippen LogP contribution >= 0.6 is 0 Å². The van der Waals surface area contributed by atoms with Crippen LogP contribution in [0.25, 0.3) is 16.7 Å². The molecule has 0 bridgehead atoms. The Morgan fingerprint density at radius 3 is 2.55 bits per heavy atom. The number of nitrogens with zero attached hydrogens (tertiary/aromatic N) is 6. The second-order valence-corrected chi connectivity index (χ2v) is 10.2. The Hall–Kier alpha value is -4.94. The lowest BCUT2D eigenvalue weighted by molar-refractivity contribution is -0.0299. The summed E-state index contributed by atoms with van der Waals surface area (Å²) in [7, 11) is 0. The largest absolute Gasteiger partial charge is 0.439 e. The molecular formula is C30H27FN6O5. The Morgan fingerprint density at radius 1 is 1.05 bits per heavy atom. The molecule has 11 nitrogen and oxygen atoms in total. The molecule has 4 heterocycles. The maximum Gasteiger partial charge on any atom is 0.264 e. The number of rotatable bonds is 7. The summed E-state index contributed by atoms with van der Waals surface area (Å²) in [6.07, 6.45) is 4.92. The Labute approximate surface area is 239 Å². The Balaban J connectivity index is 1.12. The zero-order chi connectivity index (χ0) is 29.3. The van der Waals surface area contributed by atoms with Crippen LogP contribution in [0, 0.1) is 5.82 Å². The molecule has 0 saturated carbocycles. The predicted molar refractivity (Wildman–Crippen MR) is 150 cm³/mol. The summed E-state index contributed by atoms with van der Waals surface area (Å²) < 4.78 is 22.3. The summed E-state index contributed by atoms with van der Waals surface area (Å²) in [4.78, 5) is 36.5. The first-order valence-corrected chi connectivity index (χ1v) is 13.4. The molecule has 0 radical (unpaired) electrons. The fraction of sp³-hybridized carbons (Fsp3) is 0.233. The molecule has 2 aromatic carbocycles. The van der Waals surface area contributed by atoms with E-state index in [1.165, 1.54) is 40.0 Å². The number of hydrogen-bond donors (Lipinski definition) is 2. The van der Waals surface area contributed by atoms with Gasteiger partial charge in [-0.3, -0.25) is 14.2 Å². The molecule has 0 unspecified atom stereocenters. The molecule has 0 spiro atoms. The zero-order valence-electron chi connectivity index (χ0n) is 22.4. The van der Waals surface area contributed by atoms with Gasteiger partial charge in [0.1, 0.15) is 23.3 Å². The average Bonchev–Trinajstić information content (AvgIpc) is 3.45. The molecular weight excluding hydrogens is 543 g/mol. The molecule has 1 fully saturated rings. The molecule has 214 valence electrons. The molecule has 12 heteroatoms. The van der Waals surface area contributed by atoms with Gasteiger partial charge in [0.15, 0.2) is 5.65 Å². The molecule has 0 aliphatic carbocycles. The van der Waals surface area contributed by atoms with Gasteiger partial charge < -0.3 is 19.8 Å². The van der Waals surface area contributed by atoms with E-state index in [2.05, 4.69) is 15.1 Å². The van der Waals surface area contributed by atoms with Crippen LogP contribution in [0.1, 0.15) is 28.8 Å². The normalized spacial score (nSPS) is 14.7. The average molecular weight is 571 g/mol.